The Balaban J connectivity index is 1.83. The average Bonchev–Trinajstić information content (AvgIpc) is 2.69. The summed E-state index contributed by atoms with van der Waals surface area (Å²) in [4.78, 5) is 32.7. The molecule has 0 spiro atoms. The first-order valence-electron chi connectivity index (χ1n) is 8.18. The zero-order chi connectivity index (χ0) is 19.7. The van der Waals surface area contributed by atoms with E-state index in [9.17, 15) is 9.59 Å². The van der Waals surface area contributed by atoms with Crippen molar-refractivity contribution in [3.05, 3.63) is 98.0 Å². The largest absolute Gasteiger partial charge is 0.288 e. The molecule has 1 aliphatic rings. The summed E-state index contributed by atoms with van der Waals surface area (Å²) in [7, 11) is 0. The molecule has 0 bridgehead atoms. The highest BCUT2D eigenvalue weighted by Crippen LogP contribution is 2.43. The van der Waals surface area contributed by atoms with Gasteiger partial charge in [0.1, 0.15) is 5.69 Å². The van der Waals surface area contributed by atoms with E-state index in [1.807, 2.05) is 12.1 Å². The zero-order valence-corrected chi connectivity index (χ0v) is 17.3. The number of aromatic nitrogens is 1. The fourth-order valence-electron chi connectivity index (χ4n) is 2.69. The lowest BCUT2D eigenvalue weighted by molar-refractivity contribution is 0.0984. The Labute approximate surface area is 180 Å². The van der Waals surface area contributed by atoms with Crippen LogP contribution in [0.5, 0.6) is 0 Å². The third-order valence-corrected chi connectivity index (χ3v) is 6.68. The van der Waals surface area contributed by atoms with Gasteiger partial charge in [-0.15, -0.1) is 0 Å². The van der Waals surface area contributed by atoms with Gasteiger partial charge in [-0.2, -0.15) is 0 Å². The van der Waals surface area contributed by atoms with Crippen LogP contribution < -0.4 is 0 Å². The van der Waals surface area contributed by atoms with Gasteiger partial charge in [-0.05, 0) is 48.5 Å². The van der Waals surface area contributed by atoms with Crippen molar-refractivity contribution in [2.24, 2.45) is 0 Å². The van der Waals surface area contributed by atoms with E-state index < -0.39 is 0 Å². The lowest BCUT2D eigenvalue weighted by Crippen LogP contribution is -2.21. The van der Waals surface area contributed by atoms with Crippen LogP contribution in [0.2, 0.25) is 10.0 Å². The topological polar surface area (TPSA) is 47.0 Å². The fourth-order valence-corrected chi connectivity index (χ4v) is 5.35. The molecule has 0 aliphatic heterocycles. The van der Waals surface area contributed by atoms with Crippen molar-refractivity contribution in [3.8, 4) is 0 Å². The van der Waals surface area contributed by atoms with E-state index in [-0.39, 0.29) is 17.3 Å². The van der Waals surface area contributed by atoms with Gasteiger partial charge in [0.25, 0.3) is 0 Å². The maximum atomic E-state index is 13.2. The predicted molar refractivity (Wildman–Crippen MR) is 115 cm³/mol. The number of nitrogens with zero attached hydrogens (tertiary/aromatic N) is 1. The molecule has 138 valence electrons. The first-order chi connectivity index (χ1) is 13.5. The molecule has 4 rings (SSSR count). The predicted octanol–water partition coefficient (Wildman–Crippen LogP) is 6.56. The average molecular weight is 444 g/mol. The molecule has 3 aromatic rings. The van der Waals surface area contributed by atoms with Gasteiger partial charge in [-0.25, -0.2) is 0 Å². The summed E-state index contributed by atoms with van der Waals surface area (Å²) in [5.74, 6) is -0.498. The molecule has 0 fully saturated rings. The number of thioether (sulfide) groups is 2. The summed E-state index contributed by atoms with van der Waals surface area (Å²) in [5, 5.41) is 1.12. The number of Topliss-reactive ketones (excluding diaryl/α,β-unsaturated/α-hetero) is 2. The Hall–Kier alpha value is -2.05. The SMILES string of the molecule is O=C1C(Sc2cccc(Cl)c2)=C(Sc2cccc(Cl)c2)C(=O)c2ncccc21. The quantitative estimate of drug-likeness (QED) is 0.456. The van der Waals surface area contributed by atoms with Crippen LogP contribution >= 0.6 is 46.7 Å². The van der Waals surface area contributed by atoms with Crippen molar-refractivity contribution in [1.29, 1.82) is 0 Å². The van der Waals surface area contributed by atoms with E-state index in [1.165, 1.54) is 29.7 Å². The van der Waals surface area contributed by atoms with Crippen molar-refractivity contribution in [2.75, 3.05) is 0 Å². The molecule has 0 unspecified atom stereocenters. The van der Waals surface area contributed by atoms with Crippen LogP contribution in [0.3, 0.4) is 0 Å². The Morgan fingerprint density at radius 1 is 0.714 bits per heavy atom. The number of hydrogen-bond acceptors (Lipinski definition) is 5. The Morgan fingerprint density at radius 3 is 1.86 bits per heavy atom. The minimum Gasteiger partial charge on any atom is -0.288 e. The van der Waals surface area contributed by atoms with Crippen LogP contribution in [-0.2, 0) is 0 Å². The van der Waals surface area contributed by atoms with Gasteiger partial charge in [0.15, 0.2) is 0 Å². The van der Waals surface area contributed by atoms with Gasteiger partial charge < -0.3 is 0 Å². The Bertz CT molecular complexity index is 1060. The molecule has 0 amide bonds. The number of carbonyl (C=O) groups excluding carboxylic acids is 2. The van der Waals surface area contributed by atoms with Crippen LogP contribution in [0.1, 0.15) is 20.8 Å². The lowest BCUT2D eigenvalue weighted by atomic mass is 10.00. The van der Waals surface area contributed by atoms with Gasteiger partial charge in [-0.3, -0.25) is 14.6 Å². The van der Waals surface area contributed by atoms with Gasteiger partial charge in [-0.1, -0.05) is 58.9 Å². The molecule has 0 saturated heterocycles. The summed E-state index contributed by atoms with van der Waals surface area (Å²) >= 11 is 14.6. The van der Waals surface area contributed by atoms with Gasteiger partial charge >= 0.3 is 0 Å². The van der Waals surface area contributed by atoms with E-state index in [4.69, 9.17) is 23.2 Å². The molecule has 3 nitrogen and oxygen atoms in total. The minimum atomic E-state index is -0.273. The van der Waals surface area contributed by atoms with E-state index >= 15 is 0 Å². The molecule has 1 aromatic heterocycles. The van der Waals surface area contributed by atoms with Crippen LogP contribution in [0.15, 0.2) is 86.5 Å². The number of fused-ring (bicyclic) bond motifs is 1. The Morgan fingerprint density at radius 2 is 1.29 bits per heavy atom. The second-order valence-corrected chi connectivity index (χ2v) is 8.88. The highest BCUT2D eigenvalue weighted by Gasteiger charge is 2.34. The number of rotatable bonds is 4. The monoisotopic (exact) mass is 443 g/mol. The molecule has 7 heteroatoms. The second kappa shape index (κ2) is 8.13. The van der Waals surface area contributed by atoms with Crippen molar-refractivity contribution < 1.29 is 9.59 Å². The van der Waals surface area contributed by atoms with Crippen LogP contribution in [-0.4, -0.2) is 16.6 Å². The number of halogens is 2. The van der Waals surface area contributed by atoms with E-state index in [0.29, 0.717) is 25.4 Å². The van der Waals surface area contributed by atoms with Crippen LogP contribution in [0.4, 0.5) is 0 Å². The summed E-state index contributed by atoms with van der Waals surface area (Å²) in [6.45, 7) is 0. The number of carbonyl (C=O) groups is 2. The molecular formula is C21H11Cl2NO2S2. The zero-order valence-electron chi connectivity index (χ0n) is 14.2. The van der Waals surface area contributed by atoms with Crippen molar-refractivity contribution in [3.63, 3.8) is 0 Å². The first kappa shape index (κ1) is 19.3. The maximum absolute atomic E-state index is 13.2. The standard InChI is InChI=1S/C21H11Cl2NO2S2/c22-12-4-1-6-14(10-12)27-20-18(25)16-8-3-9-24-17(16)19(26)21(20)28-15-7-2-5-13(23)11-15/h1-11H. The maximum Gasteiger partial charge on any atom is 0.220 e. The highest BCUT2D eigenvalue weighted by molar-refractivity contribution is 8.08. The fraction of sp³-hybridized carbons (Fsp3) is 0. The summed E-state index contributed by atoms with van der Waals surface area (Å²) in [6, 6.07) is 17.6. The van der Waals surface area contributed by atoms with Gasteiger partial charge in [0.2, 0.25) is 11.6 Å². The van der Waals surface area contributed by atoms with E-state index in [2.05, 4.69) is 4.98 Å². The molecule has 2 aromatic carbocycles. The molecule has 1 heterocycles. The van der Waals surface area contributed by atoms with Crippen molar-refractivity contribution in [2.45, 2.75) is 9.79 Å². The minimum absolute atomic E-state index is 0.174. The molecule has 0 saturated carbocycles. The van der Waals surface area contributed by atoms with Crippen molar-refractivity contribution >= 4 is 58.3 Å². The van der Waals surface area contributed by atoms with Crippen LogP contribution in [0.25, 0.3) is 0 Å². The molecule has 0 radical (unpaired) electrons. The number of hydrogen-bond donors (Lipinski definition) is 0. The lowest BCUT2D eigenvalue weighted by Gasteiger charge is -2.19. The second-order valence-electron chi connectivity index (χ2n) is 5.83. The third kappa shape index (κ3) is 3.89. The van der Waals surface area contributed by atoms with Gasteiger partial charge in [0.05, 0.1) is 15.4 Å². The van der Waals surface area contributed by atoms with Crippen molar-refractivity contribution in [1.82, 2.24) is 4.98 Å². The highest BCUT2D eigenvalue weighted by atomic mass is 35.5. The first-order valence-corrected chi connectivity index (χ1v) is 10.6. The van der Waals surface area contributed by atoms with Gasteiger partial charge in [0, 0.05) is 26.0 Å². The molecule has 0 N–H and O–H groups in total. The summed E-state index contributed by atoms with van der Waals surface area (Å²) < 4.78 is 0. The molecular weight excluding hydrogens is 433 g/mol. The normalized spacial score (nSPS) is 13.6. The van der Waals surface area contributed by atoms with Crippen LogP contribution in [0, 0.1) is 0 Å². The number of ketones is 2. The summed E-state index contributed by atoms with van der Waals surface area (Å²) in [6.07, 6.45) is 1.51. The van der Waals surface area contributed by atoms with E-state index in [1.54, 1.807) is 48.5 Å². The smallest absolute Gasteiger partial charge is 0.220 e. The summed E-state index contributed by atoms with van der Waals surface area (Å²) in [5.41, 5.74) is 0.486. The number of benzene rings is 2. The van der Waals surface area contributed by atoms with E-state index in [0.717, 1.165) is 9.79 Å². The molecule has 0 atom stereocenters. The Kier molecular flexibility index (Phi) is 5.60. The number of allylic oxidation sites excluding steroid dienone is 2. The molecule has 1 aliphatic carbocycles. The number of pyridine rings is 1. The third-order valence-electron chi connectivity index (χ3n) is 3.92. The molecule has 28 heavy (non-hydrogen) atoms.